The molecule has 1 aliphatic rings. The highest BCUT2D eigenvalue weighted by molar-refractivity contribution is 5.69. The minimum atomic E-state index is -0.462. The highest BCUT2D eigenvalue weighted by atomic mass is 16.6. The second-order valence-corrected chi connectivity index (χ2v) is 6.00. The van der Waals surface area contributed by atoms with Crippen molar-refractivity contribution < 1.29 is 9.53 Å². The quantitative estimate of drug-likeness (QED) is 0.780. The van der Waals surface area contributed by atoms with Crippen molar-refractivity contribution >= 4 is 11.8 Å². The summed E-state index contributed by atoms with van der Waals surface area (Å²) < 4.78 is 5.48. The molecular weight excluding hydrogens is 240 g/mol. The molecule has 0 aliphatic carbocycles. The average molecular weight is 262 g/mol. The number of nitrogens with one attached hydrogen (secondary N) is 1. The summed E-state index contributed by atoms with van der Waals surface area (Å²) in [7, 11) is 0. The first-order valence-electron chi connectivity index (χ1n) is 6.68. The Bertz CT molecular complexity index is 465. The van der Waals surface area contributed by atoms with Crippen molar-refractivity contribution in [3.05, 3.63) is 29.8 Å². The van der Waals surface area contributed by atoms with Gasteiger partial charge in [-0.1, -0.05) is 18.2 Å². The summed E-state index contributed by atoms with van der Waals surface area (Å²) in [5.74, 6) is 0. The molecule has 1 atom stereocenters. The molecule has 0 saturated carbocycles. The number of anilines is 1. The Morgan fingerprint density at radius 1 is 1.37 bits per heavy atom. The van der Waals surface area contributed by atoms with E-state index in [0.29, 0.717) is 6.54 Å². The SMILES string of the molecule is C[C@H]1CNc2ccccc2CN1C(=O)OC(C)(C)C. The molecule has 19 heavy (non-hydrogen) atoms. The monoisotopic (exact) mass is 262 g/mol. The molecule has 1 N–H and O–H groups in total. The zero-order valence-electron chi connectivity index (χ0n) is 12.1. The van der Waals surface area contributed by atoms with Crippen LogP contribution in [0.2, 0.25) is 0 Å². The Morgan fingerprint density at radius 3 is 2.74 bits per heavy atom. The predicted molar refractivity (Wildman–Crippen MR) is 76.2 cm³/mol. The van der Waals surface area contributed by atoms with Gasteiger partial charge in [-0.05, 0) is 39.3 Å². The van der Waals surface area contributed by atoms with E-state index in [0.717, 1.165) is 17.8 Å². The number of ether oxygens (including phenoxy) is 1. The first-order valence-corrected chi connectivity index (χ1v) is 6.68. The van der Waals surface area contributed by atoms with Crippen molar-refractivity contribution in [1.82, 2.24) is 4.90 Å². The van der Waals surface area contributed by atoms with E-state index in [1.165, 1.54) is 0 Å². The van der Waals surface area contributed by atoms with Crippen LogP contribution >= 0.6 is 0 Å². The molecule has 1 aromatic carbocycles. The van der Waals surface area contributed by atoms with Crippen LogP contribution in [0.5, 0.6) is 0 Å². The van der Waals surface area contributed by atoms with Crippen LogP contribution in [0.4, 0.5) is 10.5 Å². The third kappa shape index (κ3) is 3.40. The van der Waals surface area contributed by atoms with E-state index >= 15 is 0 Å². The van der Waals surface area contributed by atoms with Gasteiger partial charge in [-0.15, -0.1) is 0 Å². The topological polar surface area (TPSA) is 41.6 Å². The van der Waals surface area contributed by atoms with Gasteiger partial charge in [0.05, 0.1) is 6.54 Å². The van der Waals surface area contributed by atoms with E-state index in [4.69, 9.17) is 4.74 Å². The van der Waals surface area contributed by atoms with Gasteiger partial charge in [-0.2, -0.15) is 0 Å². The van der Waals surface area contributed by atoms with Gasteiger partial charge in [-0.3, -0.25) is 4.90 Å². The van der Waals surface area contributed by atoms with Gasteiger partial charge in [0.15, 0.2) is 0 Å². The minimum absolute atomic E-state index is 0.0993. The molecule has 1 amide bonds. The maximum atomic E-state index is 12.3. The Kier molecular flexibility index (Phi) is 3.69. The van der Waals surface area contributed by atoms with Gasteiger partial charge >= 0.3 is 6.09 Å². The molecular formula is C15H22N2O2. The summed E-state index contributed by atoms with van der Waals surface area (Å²) in [5.41, 5.74) is 1.76. The Labute approximate surface area is 114 Å². The van der Waals surface area contributed by atoms with Gasteiger partial charge in [-0.25, -0.2) is 4.79 Å². The van der Waals surface area contributed by atoms with Gasteiger partial charge in [0.25, 0.3) is 0 Å². The fourth-order valence-corrected chi connectivity index (χ4v) is 2.10. The van der Waals surface area contributed by atoms with E-state index in [9.17, 15) is 4.79 Å². The number of carbonyl (C=O) groups is 1. The van der Waals surface area contributed by atoms with E-state index in [1.54, 1.807) is 4.90 Å². The molecule has 0 radical (unpaired) electrons. The van der Waals surface area contributed by atoms with Crippen molar-refractivity contribution in [2.75, 3.05) is 11.9 Å². The van der Waals surface area contributed by atoms with E-state index < -0.39 is 5.60 Å². The van der Waals surface area contributed by atoms with Crippen molar-refractivity contribution in [2.24, 2.45) is 0 Å². The van der Waals surface area contributed by atoms with Gasteiger partial charge in [0.1, 0.15) is 5.60 Å². The van der Waals surface area contributed by atoms with Crippen LogP contribution in [0.15, 0.2) is 24.3 Å². The van der Waals surface area contributed by atoms with Crippen molar-refractivity contribution in [1.29, 1.82) is 0 Å². The normalized spacial score (nSPS) is 19.2. The molecule has 1 aromatic rings. The van der Waals surface area contributed by atoms with Crippen LogP contribution in [-0.2, 0) is 11.3 Å². The Balaban J connectivity index is 2.19. The maximum absolute atomic E-state index is 12.3. The largest absolute Gasteiger partial charge is 0.444 e. The van der Waals surface area contributed by atoms with Crippen molar-refractivity contribution in [3.8, 4) is 0 Å². The van der Waals surface area contributed by atoms with E-state index in [1.807, 2.05) is 52.0 Å². The molecule has 0 fully saturated rings. The number of nitrogens with zero attached hydrogens (tertiary/aromatic N) is 1. The number of hydrogen-bond acceptors (Lipinski definition) is 3. The van der Waals surface area contributed by atoms with Crippen molar-refractivity contribution in [2.45, 2.75) is 45.9 Å². The van der Waals surface area contributed by atoms with Gasteiger partial charge in [0.2, 0.25) is 0 Å². The number of hydrogen-bond donors (Lipinski definition) is 1. The van der Waals surface area contributed by atoms with Gasteiger partial charge in [0, 0.05) is 18.3 Å². The second kappa shape index (κ2) is 5.11. The number of amides is 1. The maximum Gasteiger partial charge on any atom is 0.410 e. The molecule has 4 nitrogen and oxygen atoms in total. The summed E-state index contributed by atoms with van der Waals surface area (Å²) in [5, 5.41) is 3.37. The molecule has 0 saturated heterocycles. The van der Waals surface area contributed by atoms with Crippen LogP contribution in [-0.4, -0.2) is 29.2 Å². The zero-order chi connectivity index (χ0) is 14.0. The van der Waals surface area contributed by atoms with Crippen molar-refractivity contribution in [3.63, 3.8) is 0 Å². The highest BCUT2D eigenvalue weighted by Crippen LogP contribution is 2.23. The fraction of sp³-hybridized carbons (Fsp3) is 0.533. The Hall–Kier alpha value is -1.71. The predicted octanol–water partition coefficient (Wildman–Crippen LogP) is 3.24. The summed E-state index contributed by atoms with van der Waals surface area (Å²) >= 11 is 0. The highest BCUT2D eigenvalue weighted by Gasteiger charge is 2.28. The number of benzene rings is 1. The number of rotatable bonds is 0. The number of para-hydroxylation sites is 1. The summed E-state index contributed by atoms with van der Waals surface area (Å²) in [6.45, 7) is 9.01. The molecule has 0 spiro atoms. The van der Waals surface area contributed by atoms with Gasteiger partial charge < -0.3 is 10.1 Å². The summed E-state index contributed by atoms with van der Waals surface area (Å²) in [6.07, 6.45) is -0.251. The number of carbonyl (C=O) groups excluding carboxylic acids is 1. The summed E-state index contributed by atoms with van der Waals surface area (Å²) in [4.78, 5) is 14.0. The molecule has 4 heteroatoms. The first-order chi connectivity index (χ1) is 8.87. The third-order valence-corrected chi connectivity index (χ3v) is 3.11. The smallest absolute Gasteiger partial charge is 0.410 e. The van der Waals surface area contributed by atoms with Crippen LogP contribution in [0.3, 0.4) is 0 Å². The molecule has 104 valence electrons. The lowest BCUT2D eigenvalue weighted by Crippen LogP contribution is -2.43. The lowest BCUT2D eigenvalue weighted by atomic mass is 10.1. The van der Waals surface area contributed by atoms with E-state index in [-0.39, 0.29) is 12.1 Å². The zero-order valence-corrected chi connectivity index (χ0v) is 12.1. The molecule has 2 rings (SSSR count). The number of fused-ring (bicyclic) bond motifs is 1. The van der Waals surface area contributed by atoms with Crippen LogP contribution < -0.4 is 5.32 Å². The lowest BCUT2D eigenvalue weighted by molar-refractivity contribution is 0.0172. The van der Waals surface area contributed by atoms with Crippen LogP contribution in [0.25, 0.3) is 0 Å². The lowest BCUT2D eigenvalue weighted by Gasteiger charge is -2.30. The standard InChI is InChI=1S/C15H22N2O2/c1-11-9-16-13-8-6-5-7-12(13)10-17(11)14(18)19-15(2,3)4/h5-8,11,16H,9-10H2,1-4H3/t11-/m0/s1. The van der Waals surface area contributed by atoms with Crippen LogP contribution in [0.1, 0.15) is 33.3 Å². The second-order valence-electron chi connectivity index (χ2n) is 6.00. The molecule has 1 aliphatic heterocycles. The van der Waals surface area contributed by atoms with E-state index in [2.05, 4.69) is 5.32 Å². The molecule has 0 unspecified atom stereocenters. The Morgan fingerprint density at radius 2 is 2.05 bits per heavy atom. The third-order valence-electron chi connectivity index (χ3n) is 3.11. The fourth-order valence-electron chi connectivity index (χ4n) is 2.10. The molecule has 0 bridgehead atoms. The van der Waals surface area contributed by atoms with Crippen LogP contribution in [0, 0.1) is 0 Å². The summed E-state index contributed by atoms with van der Waals surface area (Å²) in [6, 6.07) is 8.17. The average Bonchev–Trinajstić information content (AvgIpc) is 2.47. The molecule has 0 aromatic heterocycles. The molecule has 1 heterocycles. The first kappa shape index (κ1) is 13.7. The minimum Gasteiger partial charge on any atom is -0.444 e.